The van der Waals surface area contributed by atoms with E-state index in [0.29, 0.717) is 35.5 Å². The Bertz CT molecular complexity index is 1230. The predicted molar refractivity (Wildman–Crippen MR) is 121 cm³/mol. The van der Waals surface area contributed by atoms with Gasteiger partial charge in [-0.15, -0.1) is 0 Å². The number of halogens is 3. The third-order valence-electron chi connectivity index (χ3n) is 5.41. The van der Waals surface area contributed by atoms with Crippen LogP contribution in [0.4, 0.5) is 18.9 Å². The number of carbonyl (C=O) groups is 1. The van der Waals surface area contributed by atoms with E-state index in [2.05, 4.69) is 20.1 Å². The highest BCUT2D eigenvalue weighted by Gasteiger charge is 2.34. The summed E-state index contributed by atoms with van der Waals surface area (Å²) in [5.74, 6) is -3.86. The van der Waals surface area contributed by atoms with Crippen molar-refractivity contribution in [2.24, 2.45) is 7.05 Å². The summed E-state index contributed by atoms with van der Waals surface area (Å²) < 4.78 is 48.3. The fourth-order valence-electron chi connectivity index (χ4n) is 4.02. The van der Waals surface area contributed by atoms with Gasteiger partial charge in [0, 0.05) is 68.1 Å². The van der Waals surface area contributed by atoms with E-state index in [4.69, 9.17) is 0 Å². The van der Waals surface area contributed by atoms with Crippen LogP contribution in [-0.4, -0.2) is 51.8 Å². The molecule has 0 radical (unpaired) electrons. The number of nitrogens with one attached hydrogen (secondary N) is 1. The predicted octanol–water partition coefficient (Wildman–Crippen LogP) is 3.87. The fraction of sp³-hybridized carbons (Fsp3) is 0.292. The van der Waals surface area contributed by atoms with E-state index >= 15 is 0 Å². The molecule has 3 heterocycles. The van der Waals surface area contributed by atoms with Crippen molar-refractivity contribution in [1.29, 1.82) is 0 Å². The van der Waals surface area contributed by atoms with Crippen LogP contribution in [0, 0.1) is 5.82 Å². The quantitative estimate of drug-likeness (QED) is 0.505. The fourth-order valence-corrected chi connectivity index (χ4v) is 4.02. The van der Waals surface area contributed by atoms with Crippen LogP contribution in [0.25, 0.3) is 17.2 Å². The Morgan fingerprint density at radius 1 is 1.24 bits per heavy atom. The zero-order valence-electron chi connectivity index (χ0n) is 18.8. The van der Waals surface area contributed by atoms with Gasteiger partial charge in [0.15, 0.2) is 0 Å². The number of hydrogen-bond acceptors (Lipinski definition) is 5. The maximum Gasteiger partial charge on any atom is 0.283 e. The van der Waals surface area contributed by atoms with Gasteiger partial charge in [-0.1, -0.05) is 6.07 Å². The van der Waals surface area contributed by atoms with Gasteiger partial charge >= 0.3 is 0 Å². The van der Waals surface area contributed by atoms with Crippen molar-refractivity contribution in [3.8, 4) is 11.1 Å². The molecule has 0 atom stereocenters. The van der Waals surface area contributed by atoms with Crippen LogP contribution in [0.5, 0.6) is 0 Å². The molecule has 7 nitrogen and oxygen atoms in total. The summed E-state index contributed by atoms with van der Waals surface area (Å²) in [4.78, 5) is 18.0. The van der Waals surface area contributed by atoms with Crippen LogP contribution in [0.1, 0.15) is 16.7 Å². The lowest BCUT2D eigenvalue weighted by atomic mass is 10.0. The summed E-state index contributed by atoms with van der Waals surface area (Å²) in [6.45, 7) is -0.262. The number of pyridine rings is 1. The monoisotopic (exact) mass is 471 g/mol. The topological polar surface area (TPSA) is 72.3 Å². The molecule has 2 aromatic heterocycles. The molecule has 1 amide bonds. The van der Waals surface area contributed by atoms with Crippen LogP contribution < -0.4 is 5.32 Å². The first-order chi connectivity index (χ1) is 16.2. The number of amides is 1. The number of ether oxygens (including phenoxy) is 1. The lowest BCUT2D eigenvalue weighted by Crippen LogP contribution is -2.37. The van der Waals surface area contributed by atoms with Crippen LogP contribution in [0.2, 0.25) is 0 Å². The highest BCUT2D eigenvalue weighted by atomic mass is 19.3. The van der Waals surface area contributed by atoms with Gasteiger partial charge in [0.25, 0.3) is 5.92 Å². The first-order valence-corrected chi connectivity index (χ1v) is 10.6. The van der Waals surface area contributed by atoms with Crippen molar-refractivity contribution in [1.82, 2.24) is 19.7 Å². The van der Waals surface area contributed by atoms with Crippen LogP contribution in [-0.2, 0) is 29.7 Å². The molecule has 4 rings (SSSR count). The molecule has 1 N–H and O–H groups in total. The minimum atomic E-state index is -2.93. The van der Waals surface area contributed by atoms with Crippen molar-refractivity contribution in [2.75, 3.05) is 25.6 Å². The van der Waals surface area contributed by atoms with E-state index in [1.54, 1.807) is 35.0 Å². The van der Waals surface area contributed by atoms with Crippen LogP contribution in [0.15, 0.2) is 49.1 Å². The number of methoxy groups -OCH3 is 1. The van der Waals surface area contributed by atoms with Crippen molar-refractivity contribution in [3.05, 3.63) is 71.6 Å². The third kappa shape index (κ3) is 5.52. The van der Waals surface area contributed by atoms with E-state index in [1.807, 2.05) is 6.07 Å². The molecule has 10 heteroatoms. The molecule has 0 saturated carbocycles. The maximum atomic E-state index is 14.4. The first-order valence-electron chi connectivity index (χ1n) is 10.6. The van der Waals surface area contributed by atoms with Crippen molar-refractivity contribution in [2.45, 2.75) is 19.0 Å². The standard InChI is InChI=1S/C24H24F3N5O2/c1-31-11-19(9-29-31)23-16(8-28-10-21(23)25)4-6-22(33)30-20-5-3-17-12-32(13-18(17)7-20)14-24(26,27)15-34-2/h3-11H,12-15H2,1-2H3,(H,30,33). The van der Waals surface area contributed by atoms with Gasteiger partial charge in [-0.2, -0.15) is 5.10 Å². The Balaban J connectivity index is 1.43. The van der Waals surface area contributed by atoms with E-state index in [-0.39, 0.29) is 0 Å². The maximum absolute atomic E-state index is 14.4. The molecule has 3 aromatic rings. The summed E-state index contributed by atoms with van der Waals surface area (Å²) in [6, 6.07) is 5.33. The zero-order valence-corrected chi connectivity index (χ0v) is 18.8. The number of nitrogens with zero attached hydrogens (tertiary/aromatic N) is 4. The number of aryl methyl sites for hydroxylation is 1. The summed E-state index contributed by atoms with van der Waals surface area (Å²) >= 11 is 0. The minimum Gasteiger partial charge on any atom is -0.378 e. The highest BCUT2D eigenvalue weighted by molar-refractivity contribution is 6.02. The number of alkyl halides is 2. The molecule has 34 heavy (non-hydrogen) atoms. The number of anilines is 1. The SMILES string of the molecule is COCC(F)(F)CN1Cc2ccc(NC(=O)C=Cc3cncc(F)c3-c3cnn(C)c3)cc2C1. The number of rotatable bonds is 8. The van der Waals surface area contributed by atoms with Gasteiger partial charge in [0.05, 0.1) is 18.9 Å². The summed E-state index contributed by atoms with van der Waals surface area (Å²) in [5, 5.41) is 6.82. The number of fused-ring (bicyclic) bond motifs is 1. The molecule has 1 aromatic carbocycles. The smallest absolute Gasteiger partial charge is 0.283 e. The molecule has 178 valence electrons. The second-order valence-corrected chi connectivity index (χ2v) is 8.23. The minimum absolute atomic E-state index is 0.301. The Labute approximate surface area is 194 Å². The molecule has 0 saturated heterocycles. The average Bonchev–Trinajstić information content (AvgIpc) is 3.36. The van der Waals surface area contributed by atoms with E-state index < -0.39 is 30.8 Å². The molecule has 1 aliphatic heterocycles. The van der Waals surface area contributed by atoms with Gasteiger partial charge < -0.3 is 10.1 Å². The number of benzene rings is 1. The van der Waals surface area contributed by atoms with E-state index in [9.17, 15) is 18.0 Å². The molecule has 0 unspecified atom stereocenters. The van der Waals surface area contributed by atoms with Crippen LogP contribution in [0.3, 0.4) is 0 Å². The zero-order chi connectivity index (χ0) is 24.3. The van der Waals surface area contributed by atoms with Crippen molar-refractivity contribution >= 4 is 17.7 Å². The average molecular weight is 471 g/mol. The Hall–Kier alpha value is -3.50. The Morgan fingerprint density at radius 3 is 2.76 bits per heavy atom. The number of hydrogen-bond donors (Lipinski definition) is 1. The first kappa shape index (κ1) is 23.7. The normalized spacial score (nSPS) is 14.0. The van der Waals surface area contributed by atoms with Gasteiger partial charge in [0.1, 0.15) is 12.4 Å². The second kappa shape index (κ2) is 9.78. The highest BCUT2D eigenvalue weighted by Crippen LogP contribution is 2.29. The molecule has 0 spiro atoms. The van der Waals surface area contributed by atoms with Gasteiger partial charge in [0.2, 0.25) is 5.91 Å². The number of aromatic nitrogens is 3. The summed E-state index contributed by atoms with van der Waals surface area (Å²) in [7, 11) is 2.98. The summed E-state index contributed by atoms with van der Waals surface area (Å²) in [6.07, 6.45) is 8.57. The van der Waals surface area contributed by atoms with Gasteiger partial charge in [-0.3, -0.25) is 19.4 Å². The van der Waals surface area contributed by atoms with Crippen molar-refractivity contribution < 1.29 is 22.7 Å². The van der Waals surface area contributed by atoms with E-state index in [0.717, 1.165) is 17.3 Å². The Morgan fingerprint density at radius 2 is 2.03 bits per heavy atom. The molecule has 0 aliphatic carbocycles. The van der Waals surface area contributed by atoms with Gasteiger partial charge in [-0.05, 0) is 29.3 Å². The van der Waals surface area contributed by atoms with Crippen LogP contribution >= 0.6 is 0 Å². The molecule has 1 aliphatic rings. The third-order valence-corrected chi connectivity index (χ3v) is 5.41. The van der Waals surface area contributed by atoms with Crippen molar-refractivity contribution in [3.63, 3.8) is 0 Å². The molecule has 0 fully saturated rings. The summed E-state index contributed by atoms with van der Waals surface area (Å²) in [5.41, 5.74) is 3.67. The van der Waals surface area contributed by atoms with E-state index in [1.165, 1.54) is 31.7 Å². The van der Waals surface area contributed by atoms with Gasteiger partial charge in [-0.25, -0.2) is 13.2 Å². The lowest BCUT2D eigenvalue weighted by molar-refractivity contribution is -0.111. The largest absolute Gasteiger partial charge is 0.378 e. The molecular weight excluding hydrogens is 447 g/mol. The number of carbonyl (C=O) groups excluding carboxylic acids is 1. The molecular formula is C24H24F3N5O2. The molecule has 0 bridgehead atoms. The lowest BCUT2D eigenvalue weighted by Gasteiger charge is -2.22. The Kier molecular flexibility index (Phi) is 6.80. The second-order valence-electron chi connectivity index (χ2n) is 8.23.